The molecule has 1 aliphatic heterocycles. The van der Waals surface area contributed by atoms with Gasteiger partial charge in [0.2, 0.25) is 5.91 Å². The minimum Gasteiger partial charge on any atom is -0.330 e. The van der Waals surface area contributed by atoms with Crippen LogP contribution in [0.1, 0.15) is 46.3 Å². The van der Waals surface area contributed by atoms with E-state index in [0.29, 0.717) is 18.7 Å². The first kappa shape index (κ1) is 24.2. The van der Waals surface area contributed by atoms with Gasteiger partial charge in [0, 0.05) is 23.5 Å². The summed E-state index contributed by atoms with van der Waals surface area (Å²) < 4.78 is 13.7. The first-order chi connectivity index (χ1) is 17.4. The number of hydrogen-bond donors (Lipinski definition) is 0. The number of nitrogens with zero attached hydrogens (tertiary/aromatic N) is 2. The highest BCUT2D eigenvalue weighted by molar-refractivity contribution is 7.10. The molecule has 0 fully saturated rings. The largest absolute Gasteiger partial charge is 0.330 e. The molecule has 1 aromatic heterocycles. The number of carbonyl (C=O) groups is 2. The normalized spacial score (nSPS) is 15.2. The van der Waals surface area contributed by atoms with Crippen LogP contribution in [0.3, 0.4) is 0 Å². The topological polar surface area (TPSA) is 40.6 Å². The molecule has 0 saturated heterocycles. The van der Waals surface area contributed by atoms with Crippen LogP contribution in [0, 0.1) is 11.7 Å². The monoisotopic (exact) mass is 500 g/mol. The Balaban J connectivity index is 1.43. The van der Waals surface area contributed by atoms with E-state index in [2.05, 4.69) is 6.07 Å². The molecule has 6 heteroatoms. The van der Waals surface area contributed by atoms with Crippen LogP contribution < -0.4 is 0 Å². The van der Waals surface area contributed by atoms with Crippen molar-refractivity contribution < 1.29 is 14.0 Å². The Morgan fingerprint density at radius 1 is 1.03 bits per heavy atom. The molecular formula is C30H29FN2O2S. The quantitative estimate of drug-likeness (QED) is 0.311. The van der Waals surface area contributed by atoms with Gasteiger partial charge in [0.15, 0.2) is 0 Å². The molecule has 2 heterocycles. The number of fused-ring (bicyclic) bond motifs is 2. The van der Waals surface area contributed by atoms with Gasteiger partial charge in [0.05, 0.1) is 6.04 Å². The predicted molar refractivity (Wildman–Crippen MR) is 143 cm³/mol. The molecule has 0 saturated carbocycles. The molecule has 3 aromatic carbocycles. The molecule has 2 amide bonds. The minimum atomic E-state index is -0.304. The zero-order chi connectivity index (χ0) is 25.2. The van der Waals surface area contributed by atoms with Gasteiger partial charge in [0.25, 0.3) is 5.91 Å². The van der Waals surface area contributed by atoms with Gasteiger partial charge in [-0.15, -0.1) is 11.3 Å². The Labute approximate surface area is 215 Å². The lowest BCUT2D eigenvalue weighted by Crippen LogP contribution is -2.47. The van der Waals surface area contributed by atoms with Crippen molar-refractivity contribution in [3.8, 4) is 0 Å². The summed E-state index contributed by atoms with van der Waals surface area (Å²) in [5, 5.41) is 4.11. The van der Waals surface area contributed by atoms with Crippen molar-refractivity contribution >= 4 is 33.9 Å². The van der Waals surface area contributed by atoms with Gasteiger partial charge in [-0.05, 0) is 69.9 Å². The maximum atomic E-state index is 13.8. The first-order valence-electron chi connectivity index (χ1n) is 12.3. The van der Waals surface area contributed by atoms with E-state index in [4.69, 9.17) is 0 Å². The Hall–Kier alpha value is -3.51. The van der Waals surface area contributed by atoms with E-state index >= 15 is 0 Å². The molecule has 0 aliphatic carbocycles. The van der Waals surface area contributed by atoms with Crippen LogP contribution >= 0.6 is 11.3 Å². The number of benzene rings is 3. The van der Waals surface area contributed by atoms with Gasteiger partial charge in [0.1, 0.15) is 12.4 Å². The van der Waals surface area contributed by atoms with Crippen molar-refractivity contribution in [3.63, 3.8) is 0 Å². The standard InChI is InChI=1S/C30H29FN2O2S/c1-20(2)18-32(30(35)24-8-7-21-5-3-4-6-23(21)17-24)19-28(34)33-15-13-27-26(14-16-36-27)29(33)22-9-11-25(31)12-10-22/h3-12,14,16-17,20,29H,13,15,18-19H2,1-2H3. The van der Waals surface area contributed by atoms with E-state index in [0.717, 1.165) is 28.3 Å². The van der Waals surface area contributed by atoms with Gasteiger partial charge in [-0.3, -0.25) is 9.59 Å². The van der Waals surface area contributed by atoms with E-state index < -0.39 is 0 Å². The third-order valence-electron chi connectivity index (χ3n) is 6.67. The van der Waals surface area contributed by atoms with Crippen molar-refractivity contribution in [3.05, 3.63) is 106 Å². The van der Waals surface area contributed by atoms with Crippen molar-refractivity contribution in [2.24, 2.45) is 5.92 Å². The number of carbonyl (C=O) groups excluding carboxylic acids is 2. The van der Waals surface area contributed by atoms with Crippen LogP contribution in [0.4, 0.5) is 4.39 Å². The molecule has 4 nitrogen and oxygen atoms in total. The second kappa shape index (κ2) is 10.2. The highest BCUT2D eigenvalue weighted by Crippen LogP contribution is 2.38. The van der Waals surface area contributed by atoms with Gasteiger partial charge < -0.3 is 9.80 Å². The summed E-state index contributed by atoms with van der Waals surface area (Å²) in [4.78, 5) is 32.2. The molecule has 0 N–H and O–H groups in total. The van der Waals surface area contributed by atoms with Crippen molar-refractivity contribution in [1.82, 2.24) is 9.80 Å². The predicted octanol–water partition coefficient (Wildman–Crippen LogP) is 6.31. The Kier molecular flexibility index (Phi) is 6.88. The molecule has 1 atom stereocenters. The molecule has 1 unspecified atom stereocenters. The number of amides is 2. The second-order valence-corrected chi connectivity index (χ2v) is 10.7. The average molecular weight is 501 g/mol. The highest BCUT2D eigenvalue weighted by Gasteiger charge is 2.34. The van der Waals surface area contributed by atoms with Crippen molar-refractivity contribution in [2.75, 3.05) is 19.6 Å². The first-order valence-corrected chi connectivity index (χ1v) is 13.2. The lowest BCUT2D eigenvalue weighted by atomic mass is 9.93. The van der Waals surface area contributed by atoms with Gasteiger partial charge >= 0.3 is 0 Å². The maximum absolute atomic E-state index is 13.8. The van der Waals surface area contributed by atoms with Crippen molar-refractivity contribution in [1.29, 1.82) is 0 Å². The molecule has 184 valence electrons. The lowest BCUT2D eigenvalue weighted by molar-refractivity contribution is -0.134. The highest BCUT2D eigenvalue weighted by atomic mass is 32.1. The summed E-state index contributed by atoms with van der Waals surface area (Å²) in [7, 11) is 0. The third-order valence-corrected chi connectivity index (χ3v) is 7.66. The smallest absolute Gasteiger partial charge is 0.254 e. The summed E-state index contributed by atoms with van der Waals surface area (Å²) >= 11 is 1.69. The van der Waals surface area contributed by atoms with Gasteiger partial charge in [-0.2, -0.15) is 0 Å². The number of thiophene rings is 1. The minimum absolute atomic E-state index is 0.000997. The lowest BCUT2D eigenvalue weighted by Gasteiger charge is -2.38. The maximum Gasteiger partial charge on any atom is 0.254 e. The van der Waals surface area contributed by atoms with Crippen LogP contribution in [0.25, 0.3) is 10.8 Å². The Morgan fingerprint density at radius 3 is 2.53 bits per heavy atom. The third kappa shape index (κ3) is 4.91. The fourth-order valence-corrected chi connectivity index (χ4v) is 5.91. The summed E-state index contributed by atoms with van der Waals surface area (Å²) in [6, 6.07) is 21.8. The van der Waals surface area contributed by atoms with E-state index in [1.165, 1.54) is 17.0 Å². The molecule has 4 aromatic rings. The molecule has 0 bridgehead atoms. The van der Waals surface area contributed by atoms with E-state index in [-0.39, 0.29) is 36.1 Å². The SMILES string of the molecule is CC(C)CN(CC(=O)N1CCc2sccc2C1c1ccc(F)cc1)C(=O)c1ccc2ccccc2c1. The molecule has 0 spiro atoms. The second-order valence-electron chi connectivity index (χ2n) is 9.73. The summed E-state index contributed by atoms with van der Waals surface area (Å²) in [5.74, 6) is -0.340. The number of rotatable bonds is 6. The zero-order valence-electron chi connectivity index (χ0n) is 20.5. The molecule has 1 aliphatic rings. The number of halogens is 1. The fourth-order valence-electron chi connectivity index (χ4n) is 5.01. The van der Waals surface area contributed by atoms with E-state index in [1.807, 2.05) is 66.6 Å². The van der Waals surface area contributed by atoms with Gasteiger partial charge in [-0.25, -0.2) is 4.39 Å². The van der Waals surface area contributed by atoms with Gasteiger partial charge in [-0.1, -0.05) is 56.3 Å². The van der Waals surface area contributed by atoms with E-state index in [9.17, 15) is 14.0 Å². The van der Waals surface area contributed by atoms with Crippen LogP contribution in [0.15, 0.2) is 78.2 Å². The van der Waals surface area contributed by atoms with Crippen molar-refractivity contribution in [2.45, 2.75) is 26.3 Å². The van der Waals surface area contributed by atoms with Crippen LogP contribution in [0.2, 0.25) is 0 Å². The van der Waals surface area contributed by atoms with Crippen LogP contribution in [-0.4, -0.2) is 41.2 Å². The summed E-state index contributed by atoms with van der Waals surface area (Å²) in [5.41, 5.74) is 2.54. The fraction of sp³-hybridized carbons (Fsp3) is 0.267. The Morgan fingerprint density at radius 2 is 1.78 bits per heavy atom. The zero-order valence-corrected chi connectivity index (χ0v) is 21.3. The summed E-state index contributed by atoms with van der Waals surface area (Å²) in [6.45, 7) is 5.14. The van der Waals surface area contributed by atoms with Crippen LogP contribution in [-0.2, 0) is 11.2 Å². The number of hydrogen-bond acceptors (Lipinski definition) is 3. The molecule has 0 radical (unpaired) electrons. The molecular weight excluding hydrogens is 471 g/mol. The molecule has 5 rings (SSSR count). The molecule has 36 heavy (non-hydrogen) atoms. The van der Waals surface area contributed by atoms with Crippen LogP contribution in [0.5, 0.6) is 0 Å². The van der Waals surface area contributed by atoms with E-state index in [1.54, 1.807) is 28.4 Å². The Bertz CT molecular complexity index is 1400. The summed E-state index contributed by atoms with van der Waals surface area (Å²) in [6.07, 6.45) is 0.777. The average Bonchev–Trinajstić information content (AvgIpc) is 3.36.